The first-order valence-corrected chi connectivity index (χ1v) is 8.38. The summed E-state index contributed by atoms with van der Waals surface area (Å²) >= 11 is 8.69. The molecule has 0 amide bonds. The van der Waals surface area contributed by atoms with E-state index >= 15 is 0 Å². The summed E-state index contributed by atoms with van der Waals surface area (Å²) in [6.45, 7) is 0. The Morgan fingerprint density at radius 3 is 1.88 bits per heavy atom. The molecule has 24 heavy (non-hydrogen) atoms. The largest absolute Gasteiger partial charge is 0.399 e. The van der Waals surface area contributed by atoms with Crippen LogP contribution in [-0.4, -0.2) is 0 Å². The van der Waals surface area contributed by atoms with Crippen molar-refractivity contribution in [1.29, 1.82) is 0 Å². The lowest BCUT2D eigenvalue weighted by Crippen LogP contribution is -1.83. The molecule has 0 unspecified atom stereocenters. The zero-order chi connectivity index (χ0) is 17.1. The molecule has 120 valence electrons. The number of fused-ring (bicyclic) bond motifs is 2. The molecule has 0 heterocycles. The summed E-state index contributed by atoms with van der Waals surface area (Å²) in [5.41, 5.74) is 12.9. The average molecular weight is 351 g/mol. The standard InChI is InChI=1S/2C10H9NS/c11-8-4-5-9-7(6-8)2-1-3-10(9)12;11-8-5-4-7-2-1-3-10(12)9(7)6-8/h2*1-6,12H,11H2. The summed E-state index contributed by atoms with van der Waals surface area (Å²) in [5.74, 6) is 0. The Morgan fingerprint density at radius 1 is 0.542 bits per heavy atom. The first-order valence-electron chi connectivity index (χ1n) is 7.49. The minimum atomic E-state index is 0.781. The Hall–Kier alpha value is -2.30. The van der Waals surface area contributed by atoms with Crippen LogP contribution in [0.15, 0.2) is 82.6 Å². The van der Waals surface area contributed by atoms with Crippen molar-refractivity contribution in [2.75, 3.05) is 11.5 Å². The van der Waals surface area contributed by atoms with Crippen LogP contribution in [0, 0.1) is 0 Å². The molecule has 4 aromatic rings. The van der Waals surface area contributed by atoms with Gasteiger partial charge in [0, 0.05) is 21.2 Å². The van der Waals surface area contributed by atoms with E-state index in [2.05, 4.69) is 31.3 Å². The van der Waals surface area contributed by atoms with Gasteiger partial charge in [0.15, 0.2) is 0 Å². The average Bonchev–Trinajstić information content (AvgIpc) is 2.56. The van der Waals surface area contributed by atoms with Crippen LogP contribution in [0.2, 0.25) is 0 Å². The minimum Gasteiger partial charge on any atom is -0.399 e. The number of rotatable bonds is 0. The third-order valence-corrected chi connectivity index (χ3v) is 4.54. The van der Waals surface area contributed by atoms with Crippen molar-refractivity contribution in [3.63, 3.8) is 0 Å². The van der Waals surface area contributed by atoms with Crippen molar-refractivity contribution in [3.8, 4) is 0 Å². The summed E-state index contributed by atoms with van der Waals surface area (Å²) in [4.78, 5) is 1.97. The van der Waals surface area contributed by atoms with E-state index in [1.165, 1.54) is 5.39 Å². The van der Waals surface area contributed by atoms with Crippen LogP contribution < -0.4 is 11.5 Å². The topological polar surface area (TPSA) is 52.0 Å². The number of benzene rings is 4. The van der Waals surface area contributed by atoms with E-state index in [9.17, 15) is 0 Å². The smallest absolute Gasteiger partial charge is 0.0320 e. The molecule has 0 atom stereocenters. The number of anilines is 2. The highest BCUT2D eigenvalue weighted by molar-refractivity contribution is 7.80. The molecule has 0 fully saturated rings. The molecule has 0 bridgehead atoms. The highest BCUT2D eigenvalue weighted by Gasteiger charge is 1.97. The summed E-state index contributed by atoms with van der Waals surface area (Å²) in [6, 6.07) is 23.7. The van der Waals surface area contributed by atoms with Crippen molar-refractivity contribution in [2.24, 2.45) is 0 Å². The summed E-state index contributed by atoms with van der Waals surface area (Å²) in [6.07, 6.45) is 0. The van der Waals surface area contributed by atoms with Gasteiger partial charge in [-0.05, 0) is 57.9 Å². The molecule has 4 N–H and O–H groups in total. The van der Waals surface area contributed by atoms with Crippen LogP contribution >= 0.6 is 25.3 Å². The first-order chi connectivity index (χ1) is 11.5. The van der Waals surface area contributed by atoms with Gasteiger partial charge in [0.25, 0.3) is 0 Å². The highest BCUT2D eigenvalue weighted by atomic mass is 32.1. The van der Waals surface area contributed by atoms with Crippen LogP contribution in [0.5, 0.6) is 0 Å². The van der Waals surface area contributed by atoms with Crippen molar-refractivity contribution in [3.05, 3.63) is 72.8 Å². The normalized spacial score (nSPS) is 10.4. The van der Waals surface area contributed by atoms with E-state index in [1.807, 2.05) is 66.7 Å². The van der Waals surface area contributed by atoms with Crippen molar-refractivity contribution in [2.45, 2.75) is 9.79 Å². The van der Waals surface area contributed by atoms with Crippen molar-refractivity contribution < 1.29 is 0 Å². The van der Waals surface area contributed by atoms with E-state index in [-0.39, 0.29) is 0 Å². The Bertz CT molecular complexity index is 1010. The maximum Gasteiger partial charge on any atom is 0.0320 e. The zero-order valence-corrected chi connectivity index (χ0v) is 14.8. The zero-order valence-electron chi connectivity index (χ0n) is 13.0. The van der Waals surface area contributed by atoms with Gasteiger partial charge in [0.05, 0.1) is 0 Å². The summed E-state index contributed by atoms with van der Waals surface area (Å²) < 4.78 is 0. The van der Waals surface area contributed by atoms with Gasteiger partial charge in [-0.3, -0.25) is 0 Å². The SMILES string of the molecule is Nc1ccc2c(S)cccc2c1.Nc1ccc2cccc(S)c2c1. The molecule has 0 aliphatic carbocycles. The van der Waals surface area contributed by atoms with Gasteiger partial charge in [0.1, 0.15) is 0 Å². The molecular formula is C20H18N2S2. The molecule has 0 aliphatic rings. The Morgan fingerprint density at radius 2 is 1.12 bits per heavy atom. The molecule has 4 heteroatoms. The Balaban J connectivity index is 0.000000141. The lowest BCUT2D eigenvalue weighted by molar-refractivity contribution is 1.56. The molecule has 2 nitrogen and oxygen atoms in total. The fourth-order valence-corrected chi connectivity index (χ4v) is 3.13. The maximum absolute atomic E-state index is 5.66. The lowest BCUT2D eigenvalue weighted by Gasteiger charge is -2.01. The lowest BCUT2D eigenvalue weighted by atomic mass is 10.1. The van der Waals surface area contributed by atoms with E-state index in [0.29, 0.717) is 0 Å². The minimum absolute atomic E-state index is 0.781. The maximum atomic E-state index is 5.66. The Labute approximate surface area is 152 Å². The fraction of sp³-hybridized carbons (Fsp3) is 0. The number of hydrogen-bond donors (Lipinski definition) is 4. The first kappa shape index (κ1) is 16.6. The number of hydrogen-bond acceptors (Lipinski definition) is 4. The van der Waals surface area contributed by atoms with Gasteiger partial charge in [0.2, 0.25) is 0 Å². The highest BCUT2D eigenvalue weighted by Crippen LogP contribution is 2.24. The molecule has 4 rings (SSSR count). The van der Waals surface area contributed by atoms with Gasteiger partial charge >= 0.3 is 0 Å². The van der Waals surface area contributed by atoms with Crippen LogP contribution in [-0.2, 0) is 0 Å². The van der Waals surface area contributed by atoms with Gasteiger partial charge in [-0.15, -0.1) is 25.3 Å². The van der Waals surface area contributed by atoms with Crippen molar-refractivity contribution >= 4 is 58.2 Å². The number of nitrogens with two attached hydrogens (primary N) is 2. The second-order valence-corrected chi connectivity index (χ2v) is 6.48. The molecule has 0 spiro atoms. The monoisotopic (exact) mass is 350 g/mol. The second kappa shape index (κ2) is 7.07. The van der Waals surface area contributed by atoms with Gasteiger partial charge < -0.3 is 11.5 Å². The van der Waals surface area contributed by atoms with Crippen molar-refractivity contribution in [1.82, 2.24) is 0 Å². The third kappa shape index (κ3) is 3.61. The number of thiol groups is 2. The Kier molecular flexibility index (Phi) is 4.88. The molecule has 0 radical (unpaired) electrons. The van der Waals surface area contributed by atoms with E-state index in [0.717, 1.165) is 37.3 Å². The third-order valence-electron chi connectivity index (χ3n) is 3.76. The molecular weight excluding hydrogens is 332 g/mol. The summed E-state index contributed by atoms with van der Waals surface area (Å²) in [7, 11) is 0. The van der Waals surface area contributed by atoms with Gasteiger partial charge in [-0.1, -0.05) is 36.4 Å². The fourth-order valence-electron chi connectivity index (χ4n) is 2.56. The molecule has 4 aromatic carbocycles. The van der Waals surface area contributed by atoms with Crippen LogP contribution in [0.1, 0.15) is 0 Å². The van der Waals surface area contributed by atoms with Crippen LogP contribution in [0.4, 0.5) is 11.4 Å². The predicted molar refractivity (Wildman–Crippen MR) is 111 cm³/mol. The van der Waals surface area contributed by atoms with Crippen LogP contribution in [0.3, 0.4) is 0 Å². The molecule has 0 saturated heterocycles. The van der Waals surface area contributed by atoms with Gasteiger partial charge in [-0.2, -0.15) is 0 Å². The van der Waals surface area contributed by atoms with E-state index in [4.69, 9.17) is 11.5 Å². The molecule has 0 saturated carbocycles. The van der Waals surface area contributed by atoms with E-state index < -0.39 is 0 Å². The number of nitrogen functional groups attached to an aromatic ring is 2. The second-order valence-electron chi connectivity index (χ2n) is 5.52. The molecule has 0 aromatic heterocycles. The quantitative estimate of drug-likeness (QED) is 0.253. The van der Waals surface area contributed by atoms with Gasteiger partial charge in [-0.25, -0.2) is 0 Å². The predicted octanol–water partition coefficient (Wildman–Crippen LogP) is 5.42. The van der Waals surface area contributed by atoms with Crippen LogP contribution in [0.25, 0.3) is 21.5 Å². The summed E-state index contributed by atoms with van der Waals surface area (Å²) in [5, 5.41) is 4.58. The molecule has 0 aliphatic heterocycles. The van der Waals surface area contributed by atoms with E-state index in [1.54, 1.807) is 0 Å².